The topological polar surface area (TPSA) is 69.4 Å². The van der Waals surface area contributed by atoms with Crippen LogP contribution in [0, 0.1) is 6.92 Å². The normalized spacial score (nSPS) is 10.5. The predicted octanol–water partition coefficient (Wildman–Crippen LogP) is 1.62. The quantitative estimate of drug-likeness (QED) is 0.710. The van der Waals surface area contributed by atoms with E-state index in [0.717, 1.165) is 18.1 Å². The lowest BCUT2D eigenvalue weighted by atomic mass is 10.2. The molecule has 0 aliphatic carbocycles. The molecule has 0 aliphatic rings. The van der Waals surface area contributed by atoms with Crippen LogP contribution in [0.4, 0.5) is 5.82 Å². The Morgan fingerprint density at radius 2 is 2.33 bits per heavy atom. The summed E-state index contributed by atoms with van der Waals surface area (Å²) < 4.78 is 0. The zero-order chi connectivity index (χ0) is 10.7. The van der Waals surface area contributed by atoms with Crippen LogP contribution in [-0.4, -0.2) is 20.2 Å². The van der Waals surface area contributed by atoms with Crippen LogP contribution in [0.3, 0.4) is 0 Å². The Labute approximate surface area is 88.3 Å². The van der Waals surface area contributed by atoms with Crippen molar-refractivity contribution in [3.8, 4) is 0 Å². The molecule has 0 aliphatic heterocycles. The van der Waals surface area contributed by atoms with Crippen LogP contribution in [0.5, 0.6) is 0 Å². The molecule has 2 aromatic heterocycles. The molecule has 80 valence electrons. The zero-order valence-electron chi connectivity index (χ0n) is 8.96. The summed E-state index contributed by atoms with van der Waals surface area (Å²) in [6.07, 6.45) is 4.53. The van der Waals surface area contributed by atoms with E-state index in [2.05, 4.69) is 39.3 Å². The first kappa shape index (κ1) is 9.76. The van der Waals surface area contributed by atoms with E-state index in [4.69, 9.17) is 0 Å². The highest BCUT2D eigenvalue weighted by molar-refractivity contribution is 5.45. The molecule has 0 unspecified atom stereocenters. The molecule has 0 saturated heterocycles. The van der Waals surface area contributed by atoms with Crippen molar-refractivity contribution in [2.75, 3.05) is 5.32 Å². The first-order valence-electron chi connectivity index (χ1n) is 5.07. The van der Waals surface area contributed by atoms with Crippen LogP contribution in [0.25, 0.3) is 0 Å². The average Bonchev–Trinajstić information content (AvgIpc) is 2.85. The lowest BCUT2D eigenvalue weighted by Gasteiger charge is -2.01. The third-order valence-electron chi connectivity index (χ3n) is 2.44. The number of aromatic nitrogens is 4. The second-order valence-electron chi connectivity index (χ2n) is 3.42. The van der Waals surface area contributed by atoms with Crippen molar-refractivity contribution in [3.05, 3.63) is 29.5 Å². The molecule has 0 saturated carbocycles. The van der Waals surface area contributed by atoms with E-state index in [-0.39, 0.29) is 0 Å². The Balaban J connectivity index is 2.02. The Bertz CT molecular complexity index is 415. The number of aryl methyl sites for hydroxylation is 1. The van der Waals surface area contributed by atoms with E-state index >= 15 is 0 Å². The van der Waals surface area contributed by atoms with Crippen LogP contribution < -0.4 is 5.32 Å². The number of hydrogen-bond donors (Lipinski definition) is 3. The Kier molecular flexibility index (Phi) is 2.71. The van der Waals surface area contributed by atoms with Gasteiger partial charge in [-0.25, -0.2) is 4.98 Å². The second kappa shape index (κ2) is 4.16. The van der Waals surface area contributed by atoms with Gasteiger partial charge in [-0.1, -0.05) is 6.92 Å². The number of nitrogens with zero attached hydrogens (tertiary/aromatic N) is 2. The van der Waals surface area contributed by atoms with Gasteiger partial charge < -0.3 is 10.3 Å². The molecule has 2 aromatic rings. The standard InChI is InChI=1S/C10H15N5/c1-3-8-7(2)10(15-14-8)13-6-9-11-4-5-12-9/h4-5H,3,6H2,1-2H3,(H,11,12)(H2,13,14,15). The number of rotatable bonds is 4. The molecule has 0 radical (unpaired) electrons. The maximum absolute atomic E-state index is 4.21. The molecular formula is C10H15N5. The minimum atomic E-state index is 0.668. The van der Waals surface area contributed by atoms with E-state index in [1.807, 2.05) is 6.20 Å². The van der Waals surface area contributed by atoms with Crippen molar-refractivity contribution in [2.45, 2.75) is 26.8 Å². The molecule has 2 heterocycles. The van der Waals surface area contributed by atoms with Crippen molar-refractivity contribution in [1.82, 2.24) is 20.2 Å². The highest BCUT2D eigenvalue weighted by Crippen LogP contribution is 2.15. The number of hydrogen-bond acceptors (Lipinski definition) is 3. The summed E-state index contributed by atoms with van der Waals surface area (Å²) >= 11 is 0. The molecule has 5 nitrogen and oxygen atoms in total. The molecule has 5 heteroatoms. The maximum Gasteiger partial charge on any atom is 0.151 e. The Morgan fingerprint density at radius 1 is 1.47 bits per heavy atom. The van der Waals surface area contributed by atoms with Gasteiger partial charge in [-0.15, -0.1) is 0 Å². The minimum absolute atomic E-state index is 0.668. The maximum atomic E-state index is 4.21. The summed E-state index contributed by atoms with van der Waals surface area (Å²) in [5, 5.41) is 10.5. The van der Waals surface area contributed by atoms with E-state index in [0.29, 0.717) is 6.54 Å². The summed E-state index contributed by atoms with van der Waals surface area (Å²) in [6, 6.07) is 0. The SMILES string of the molecule is CCc1[nH]nc(NCc2ncc[nH]2)c1C. The fourth-order valence-electron chi connectivity index (χ4n) is 1.51. The van der Waals surface area contributed by atoms with E-state index in [1.54, 1.807) is 6.20 Å². The van der Waals surface area contributed by atoms with Crippen molar-refractivity contribution in [1.29, 1.82) is 0 Å². The molecule has 0 aromatic carbocycles. The molecule has 2 rings (SSSR count). The molecule has 0 spiro atoms. The molecule has 0 fully saturated rings. The van der Waals surface area contributed by atoms with Gasteiger partial charge in [0.05, 0.1) is 6.54 Å². The van der Waals surface area contributed by atoms with Gasteiger partial charge in [-0.2, -0.15) is 5.10 Å². The Hall–Kier alpha value is -1.78. The van der Waals surface area contributed by atoms with Crippen LogP contribution in [0.1, 0.15) is 24.0 Å². The summed E-state index contributed by atoms with van der Waals surface area (Å²) in [7, 11) is 0. The highest BCUT2D eigenvalue weighted by atomic mass is 15.2. The van der Waals surface area contributed by atoms with Crippen molar-refractivity contribution in [3.63, 3.8) is 0 Å². The number of anilines is 1. The van der Waals surface area contributed by atoms with Gasteiger partial charge in [0.1, 0.15) is 5.82 Å². The van der Waals surface area contributed by atoms with Crippen LogP contribution in [0.2, 0.25) is 0 Å². The molecule has 15 heavy (non-hydrogen) atoms. The average molecular weight is 205 g/mol. The van der Waals surface area contributed by atoms with Crippen LogP contribution in [-0.2, 0) is 13.0 Å². The van der Waals surface area contributed by atoms with Gasteiger partial charge in [-0.05, 0) is 13.3 Å². The molecule has 0 atom stereocenters. The van der Waals surface area contributed by atoms with Crippen LogP contribution >= 0.6 is 0 Å². The lowest BCUT2D eigenvalue weighted by molar-refractivity contribution is 0.953. The summed E-state index contributed by atoms with van der Waals surface area (Å²) in [5.74, 6) is 1.82. The monoisotopic (exact) mass is 205 g/mol. The molecule has 3 N–H and O–H groups in total. The summed E-state index contributed by atoms with van der Waals surface area (Å²) in [4.78, 5) is 7.17. The van der Waals surface area contributed by atoms with Gasteiger partial charge in [0.2, 0.25) is 0 Å². The van der Waals surface area contributed by atoms with Crippen LogP contribution in [0.15, 0.2) is 12.4 Å². The minimum Gasteiger partial charge on any atom is -0.361 e. The van der Waals surface area contributed by atoms with E-state index < -0.39 is 0 Å². The van der Waals surface area contributed by atoms with E-state index in [1.165, 1.54) is 11.3 Å². The number of nitrogens with one attached hydrogen (secondary N) is 3. The number of imidazole rings is 1. The molecule has 0 amide bonds. The van der Waals surface area contributed by atoms with Gasteiger partial charge in [0, 0.05) is 23.7 Å². The fraction of sp³-hybridized carbons (Fsp3) is 0.400. The molecule has 0 bridgehead atoms. The first-order chi connectivity index (χ1) is 7.31. The van der Waals surface area contributed by atoms with Crippen molar-refractivity contribution >= 4 is 5.82 Å². The number of aromatic amines is 2. The summed E-state index contributed by atoms with van der Waals surface area (Å²) in [6.45, 7) is 4.84. The van der Waals surface area contributed by atoms with Gasteiger partial charge in [-0.3, -0.25) is 5.10 Å². The van der Waals surface area contributed by atoms with Crippen molar-refractivity contribution in [2.24, 2.45) is 0 Å². The third kappa shape index (κ3) is 2.01. The first-order valence-corrected chi connectivity index (χ1v) is 5.07. The second-order valence-corrected chi connectivity index (χ2v) is 3.42. The van der Waals surface area contributed by atoms with E-state index in [9.17, 15) is 0 Å². The fourth-order valence-corrected chi connectivity index (χ4v) is 1.51. The van der Waals surface area contributed by atoms with Gasteiger partial charge >= 0.3 is 0 Å². The number of H-pyrrole nitrogens is 2. The molecular weight excluding hydrogens is 190 g/mol. The smallest absolute Gasteiger partial charge is 0.151 e. The zero-order valence-corrected chi connectivity index (χ0v) is 8.96. The largest absolute Gasteiger partial charge is 0.361 e. The summed E-state index contributed by atoms with van der Waals surface area (Å²) in [5.41, 5.74) is 2.36. The lowest BCUT2D eigenvalue weighted by Crippen LogP contribution is -2.02. The Morgan fingerprint density at radius 3 is 2.93 bits per heavy atom. The van der Waals surface area contributed by atoms with Gasteiger partial charge in [0.15, 0.2) is 5.82 Å². The predicted molar refractivity (Wildman–Crippen MR) is 58.6 cm³/mol. The van der Waals surface area contributed by atoms with Gasteiger partial charge in [0.25, 0.3) is 0 Å². The third-order valence-corrected chi connectivity index (χ3v) is 2.44. The van der Waals surface area contributed by atoms with Crippen molar-refractivity contribution < 1.29 is 0 Å². The highest BCUT2D eigenvalue weighted by Gasteiger charge is 2.06.